The van der Waals surface area contributed by atoms with Crippen molar-refractivity contribution in [1.29, 1.82) is 0 Å². The number of anilines is 1. The molecule has 5 rings (SSSR count). The normalized spacial score (nSPS) is 10.9. The maximum atomic E-state index is 14.7. The Hall–Kier alpha value is -4.66. The van der Waals surface area contributed by atoms with Crippen LogP contribution in [-0.2, 0) is 7.05 Å². The van der Waals surface area contributed by atoms with Gasteiger partial charge in [-0.2, -0.15) is 5.10 Å². The molecule has 7 nitrogen and oxygen atoms in total. The van der Waals surface area contributed by atoms with Crippen LogP contribution in [0, 0.1) is 11.6 Å². The van der Waals surface area contributed by atoms with E-state index in [9.17, 15) is 13.6 Å². The number of fused-ring (bicyclic) bond motifs is 1. The summed E-state index contributed by atoms with van der Waals surface area (Å²) in [6, 6.07) is 14.3. The van der Waals surface area contributed by atoms with E-state index in [1.54, 1.807) is 35.3 Å². The van der Waals surface area contributed by atoms with E-state index in [2.05, 4.69) is 20.4 Å². The number of carbonyl (C=O) groups excluding carboxylic acids is 1. The van der Waals surface area contributed by atoms with Gasteiger partial charge in [-0.05, 0) is 42.5 Å². The molecule has 0 saturated heterocycles. The minimum atomic E-state index is -0.674. The molecular formula is C25H17F2N5O2. The molecule has 34 heavy (non-hydrogen) atoms. The predicted molar refractivity (Wildman–Crippen MR) is 123 cm³/mol. The second kappa shape index (κ2) is 8.70. The molecular weight excluding hydrogens is 440 g/mol. The van der Waals surface area contributed by atoms with Crippen LogP contribution >= 0.6 is 0 Å². The van der Waals surface area contributed by atoms with E-state index in [0.717, 1.165) is 17.7 Å². The zero-order valence-electron chi connectivity index (χ0n) is 17.9. The first-order valence-corrected chi connectivity index (χ1v) is 10.2. The van der Waals surface area contributed by atoms with Crippen molar-refractivity contribution in [2.24, 2.45) is 7.05 Å². The number of hydrogen-bond acceptors (Lipinski definition) is 5. The highest BCUT2D eigenvalue weighted by molar-refractivity contribution is 6.04. The maximum Gasteiger partial charge on any atom is 0.255 e. The first kappa shape index (κ1) is 21.2. The summed E-state index contributed by atoms with van der Waals surface area (Å²) in [6.45, 7) is 0. The zero-order chi connectivity index (χ0) is 23.7. The number of benzene rings is 3. The lowest BCUT2D eigenvalue weighted by atomic mass is 10.2. The Kier molecular flexibility index (Phi) is 5.43. The Bertz CT molecular complexity index is 1530. The van der Waals surface area contributed by atoms with Crippen molar-refractivity contribution < 1.29 is 18.3 Å². The quantitative estimate of drug-likeness (QED) is 0.385. The van der Waals surface area contributed by atoms with Crippen molar-refractivity contribution >= 4 is 22.6 Å². The Labute approximate surface area is 192 Å². The number of rotatable bonds is 5. The van der Waals surface area contributed by atoms with Crippen LogP contribution in [0.15, 0.2) is 79.3 Å². The van der Waals surface area contributed by atoms with Gasteiger partial charge in [-0.25, -0.2) is 13.8 Å². The molecule has 168 valence electrons. The average Bonchev–Trinajstić information content (AvgIpc) is 3.26. The highest BCUT2D eigenvalue weighted by atomic mass is 19.1. The molecule has 5 aromatic rings. The number of carbonyl (C=O) groups is 1. The van der Waals surface area contributed by atoms with Gasteiger partial charge in [0.1, 0.15) is 11.6 Å². The largest absolute Gasteiger partial charge is 0.454 e. The summed E-state index contributed by atoms with van der Waals surface area (Å²) in [5.41, 5.74) is 3.06. The SMILES string of the molecule is Cn1cc(-c2cnc3ccc(Oc4ccc(NC(=O)c5cccc(F)c5)cc4F)cc3n2)cn1. The molecule has 9 heteroatoms. The molecule has 2 heterocycles. The van der Waals surface area contributed by atoms with Crippen LogP contribution in [-0.4, -0.2) is 25.7 Å². The third-order valence-corrected chi connectivity index (χ3v) is 5.02. The van der Waals surface area contributed by atoms with E-state index in [-0.39, 0.29) is 17.0 Å². The first-order chi connectivity index (χ1) is 16.4. The summed E-state index contributed by atoms with van der Waals surface area (Å²) >= 11 is 0. The van der Waals surface area contributed by atoms with Gasteiger partial charge >= 0.3 is 0 Å². The summed E-state index contributed by atoms with van der Waals surface area (Å²) in [7, 11) is 1.82. The molecule has 0 aliphatic rings. The Morgan fingerprint density at radius 2 is 1.88 bits per heavy atom. The van der Waals surface area contributed by atoms with Crippen LogP contribution in [0.4, 0.5) is 14.5 Å². The molecule has 0 aliphatic carbocycles. The van der Waals surface area contributed by atoms with Gasteiger partial charge in [-0.15, -0.1) is 0 Å². The summed E-state index contributed by atoms with van der Waals surface area (Å²) in [6.07, 6.45) is 5.19. The maximum absolute atomic E-state index is 14.7. The van der Waals surface area contributed by atoms with Crippen LogP contribution in [0.1, 0.15) is 10.4 Å². The second-order valence-electron chi connectivity index (χ2n) is 7.52. The van der Waals surface area contributed by atoms with E-state index < -0.39 is 17.5 Å². The Morgan fingerprint density at radius 1 is 1.00 bits per heavy atom. The number of nitrogens with one attached hydrogen (secondary N) is 1. The number of amides is 1. The van der Waals surface area contributed by atoms with Gasteiger partial charge in [0.2, 0.25) is 0 Å². The van der Waals surface area contributed by atoms with Crippen molar-refractivity contribution in [3.63, 3.8) is 0 Å². The molecule has 1 amide bonds. The van der Waals surface area contributed by atoms with Crippen molar-refractivity contribution in [2.45, 2.75) is 0 Å². The summed E-state index contributed by atoms with van der Waals surface area (Å²) < 4.78 is 35.4. The lowest BCUT2D eigenvalue weighted by Crippen LogP contribution is -2.12. The van der Waals surface area contributed by atoms with Gasteiger partial charge in [0.25, 0.3) is 5.91 Å². The number of nitrogens with zero attached hydrogens (tertiary/aromatic N) is 4. The fraction of sp³-hybridized carbons (Fsp3) is 0.0400. The van der Waals surface area contributed by atoms with Gasteiger partial charge in [0, 0.05) is 42.2 Å². The van der Waals surface area contributed by atoms with Crippen molar-refractivity contribution in [2.75, 3.05) is 5.32 Å². The molecule has 0 atom stereocenters. The van der Waals surface area contributed by atoms with Crippen molar-refractivity contribution in [1.82, 2.24) is 19.7 Å². The van der Waals surface area contributed by atoms with Crippen LogP contribution in [0.5, 0.6) is 11.5 Å². The molecule has 0 radical (unpaired) electrons. The molecule has 1 N–H and O–H groups in total. The molecule has 0 aliphatic heterocycles. The first-order valence-electron chi connectivity index (χ1n) is 10.2. The molecule has 0 saturated carbocycles. The molecule has 0 unspecified atom stereocenters. The summed E-state index contributed by atoms with van der Waals surface area (Å²) in [4.78, 5) is 21.3. The third kappa shape index (κ3) is 4.44. The molecule has 2 aromatic heterocycles. The lowest BCUT2D eigenvalue weighted by molar-refractivity contribution is 0.102. The lowest BCUT2D eigenvalue weighted by Gasteiger charge is -2.10. The summed E-state index contributed by atoms with van der Waals surface area (Å²) in [5.74, 6) is -1.41. The van der Waals surface area contributed by atoms with Gasteiger partial charge in [-0.1, -0.05) is 6.07 Å². The second-order valence-corrected chi connectivity index (χ2v) is 7.52. The Morgan fingerprint density at radius 3 is 2.65 bits per heavy atom. The van der Waals surface area contributed by atoms with E-state index in [0.29, 0.717) is 22.5 Å². The number of aromatic nitrogens is 4. The van der Waals surface area contributed by atoms with E-state index in [4.69, 9.17) is 4.74 Å². The van der Waals surface area contributed by atoms with Crippen LogP contribution in [0.2, 0.25) is 0 Å². The van der Waals surface area contributed by atoms with E-state index >= 15 is 0 Å². The van der Waals surface area contributed by atoms with Crippen molar-refractivity contribution in [3.8, 4) is 22.8 Å². The van der Waals surface area contributed by atoms with Crippen LogP contribution in [0.3, 0.4) is 0 Å². The minimum Gasteiger partial charge on any atom is -0.454 e. The van der Waals surface area contributed by atoms with Gasteiger partial charge in [-0.3, -0.25) is 14.5 Å². The fourth-order valence-corrected chi connectivity index (χ4v) is 3.37. The number of aryl methyl sites for hydroxylation is 1. The average molecular weight is 457 g/mol. The highest BCUT2D eigenvalue weighted by Gasteiger charge is 2.12. The minimum absolute atomic E-state index is 0.0283. The monoisotopic (exact) mass is 457 g/mol. The van der Waals surface area contributed by atoms with Gasteiger partial charge in [0.05, 0.1) is 29.1 Å². The number of halogens is 2. The summed E-state index contributed by atoms with van der Waals surface area (Å²) in [5, 5.41) is 6.68. The smallest absolute Gasteiger partial charge is 0.255 e. The van der Waals surface area contributed by atoms with Gasteiger partial charge < -0.3 is 10.1 Å². The topological polar surface area (TPSA) is 81.9 Å². The molecule has 3 aromatic carbocycles. The molecule has 0 bridgehead atoms. The van der Waals surface area contributed by atoms with Crippen LogP contribution < -0.4 is 10.1 Å². The van der Waals surface area contributed by atoms with Crippen molar-refractivity contribution in [3.05, 3.63) is 96.5 Å². The predicted octanol–water partition coefficient (Wildman–Crippen LogP) is 5.35. The third-order valence-electron chi connectivity index (χ3n) is 5.02. The number of ether oxygens (including phenoxy) is 1. The van der Waals surface area contributed by atoms with E-state index in [1.165, 1.54) is 30.3 Å². The Balaban J connectivity index is 1.35. The highest BCUT2D eigenvalue weighted by Crippen LogP contribution is 2.29. The molecule has 0 fully saturated rings. The standard InChI is InChI=1S/C25H17F2N5O2/c1-32-14-16(12-29-32)23-13-28-21-7-6-19(11-22(21)31-23)34-24-8-5-18(10-20(24)27)30-25(33)15-3-2-4-17(26)9-15/h2-14H,1H3,(H,30,33). The zero-order valence-corrected chi connectivity index (χ0v) is 17.9. The fourth-order valence-electron chi connectivity index (χ4n) is 3.37. The van der Waals surface area contributed by atoms with Crippen LogP contribution in [0.25, 0.3) is 22.3 Å². The van der Waals surface area contributed by atoms with E-state index in [1.807, 2.05) is 13.2 Å². The number of hydrogen-bond donors (Lipinski definition) is 1. The van der Waals surface area contributed by atoms with Gasteiger partial charge in [0.15, 0.2) is 11.6 Å². The molecule has 0 spiro atoms.